The number of thiazole rings is 1. The summed E-state index contributed by atoms with van der Waals surface area (Å²) in [4.78, 5) is 27.1. The van der Waals surface area contributed by atoms with Crippen molar-refractivity contribution in [3.05, 3.63) is 47.7 Å². The Hall–Kier alpha value is -3.20. The van der Waals surface area contributed by atoms with E-state index in [1.54, 1.807) is 22.3 Å². The number of rotatable bonds is 7. The molecule has 0 saturated heterocycles. The number of aromatic nitrogens is 3. The van der Waals surface area contributed by atoms with E-state index in [-0.39, 0.29) is 17.5 Å². The topological polar surface area (TPSA) is 98.1 Å². The molecular weight excluding hydrogens is 366 g/mol. The van der Waals surface area contributed by atoms with Crippen LogP contribution in [0, 0.1) is 6.07 Å². The van der Waals surface area contributed by atoms with Crippen molar-refractivity contribution in [2.75, 3.05) is 18.5 Å². The highest BCUT2D eigenvalue weighted by Crippen LogP contribution is 2.22. The lowest BCUT2D eigenvalue weighted by Gasteiger charge is -2.08. The molecule has 0 bridgehead atoms. The minimum Gasteiger partial charge on any atom is -0.492 e. The zero-order valence-electron chi connectivity index (χ0n) is 14.9. The van der Waals surface area contributed by atoms with Crippen LogP contribution in [-0.4, -0.2) is 39.7 Å². The molecule has 2 aromatic heterocycles. The van der Waals surface area contributed by atoms with E-state index < -0.39 is 0 Å². The summed E-state index contributed by atoms with van der Waals surface area (Å²) in [6, 6.07) is 8.54. The van der Waals surface area contributed by atoms with E-state index in [9.17, 15) is 9.59 Å². The summed E-state index contributed by atoms with van der Waals surface area (Å²) in [6.45, 7) is 2.01. The number of hydrogen-bond acceptors (Lipinski definition) is 6. The first kappa shape index (κ1) is 18.6. The van der Waals surface area contributed by atoms with Gasteiger partial charge in [0.25, 0.3) is 5.91 Å². The van der Waals surface area contributed by atoms with Gasteiger partial charge in [0, 0.05) is 31.1 Å². The molecule has 8 nitrogen and oxygen atoms in total. The molecule has 2 amide bonds. The SMILES string of the molecule is CC(=O)Nc1nc(C(=O)NCCOc2c[c]cc(-c3cnn(C)c3)c2)cs1. The molecule has 9 heteroatoms. The molecule has 0 saturated carbocycles. The van der Waals surface area contributed by atoms with Gasteiger partial charge in [-0.3, -0.25) is 14.3 Å². The van der Waals surface area contributed by atoms with Crippen LogP contribution in [0.4, 0.5) is 5.13 Å². The average Bonchev–Trinajstić information content (AvgIpc) is 3.27. The molecule has 2 N–H and O–H groups in total. The number of amides is 2. The molecule has 2 heterocycles. The van der Waals surface area contributed by atoms with Crippen molar-refractivity contribution < 1.29 is 14.3 Å². The lowest BCUT2D eigenvalue weighted by Crippen LogP contribution is -2.28. The van der Waals surface area contributed by atoms with Crippen molar-refractivity contribution in [3.63, 3.8) is 0 Å². The molecule has 0 fully saturated rings. The fourth-order valence-electron chi connectivity index (χ4n) is 2.28. The van der Waals surface area contributed by atoms with E-state index >= 15 is 0 Å². The molecule has 0 spiro atoms. The molecule has 3 aromatic rings. The van der Waals surface area contributed by atoms with Gasteiger partial charge in [0.2, 0.25) is 5.91 Å². The van der Waals surface area contributed by atoms with Crippen LogP contribution in [0.3, 0.4) is 0 Å². The van der Waals surface area contributed by atoms with Crippen molar-refractivity contribution in [2.45, 2.75) is 6.92 Å². The third-order valence-corrected chi connectivity index (χ3v) is 4.23. The van der Waals surface area contributed by atoms with Crippen LogP contribution >= 0.6 is 11.3 Å². The molecule has 0 aliphatic carbocycles. The Labute approximate surface area is 160 Å². The molecule has 0 unspecified atom stereocenters. The molecule has 1 aromatic carbocycles. The fraction of sp³-hybridized carbons (Fsp3) is 0.222. The Bertz CT molecular complexity index is 950. The van der Waals surface area contributed by atoms with Crippen LogP contribution in [0.15, 0.2) is 36.0 Å². The number of aryl methyl sites for hydroxylation is 1. The monoisotopic (exact) mass is 384 g/mol. The van der Waals surface area contributed by atoms with Crippen LogP contribution in [0.1, 0.15) is 17.4 Å². The van der Waals surface area contributed by atoms with Crippen LogP contribution in [0.25, 0.3) is 11.1 Å². The number of benzene rings is 1. The van der Waals surface area contributed by atoms with Gasteiger partial charge in [0.15, 0.2) is 5.13 Å². The highest BCUT2D eigenvalue weighted by Gasteiger charge is 2.11. The second-order valence-electron chi connectivity index (χ2n) is 5.68. The predicted molar refractivity (Wildman–Crippen MR) is 102 cm³/mol. The summed E-state index contributed by atoms with van der Waals surface area (Å²) in [7, 11) is 1.86. The summed E-state index contributed by atoms with van der Waals surface area (Å²) in [6.07, 6.45) is 3.69. The number of ether oxygens (including phenoxy) is 1. The smallest absolute Gasteiger partial charge is 0.270 e. The summed E-state index contributed by atoms with van der Waals surface area (Å²) < 4.78 is 7.40. The molecule has 0 aliphatic heterocycles. The van der Waals surface area contributed by atoms with Crippen molar-refractivity contribution in [3.8, 4) is 16.9 Å². The first-order chi connectivity index (χ1) is 13.0. The average molecular weight is 384 g/mol. The van der Waals surface area contributed by atoms with E-state index in [0.29, 0.717) is 24.0 Å². The zero-order valence-corrected chi connectivity index (χ0v) is 15.7. The van der Waals surface area contributed by atoms with Gasteiger partial charge in [-0.2, -0.15) is 5.10 Å². The predicted octanol–water partition coefficient (Wildman–Crippen LogP) is 2.11. The number of hydrogen-bond donors (Lipinski definition) is 2. The zero-order chi connectivity index (χ0) is 19.2. The Morgan fingerprint density at radius 1 is 1.33 bits per heavy atom. The molecule has 0 aliphatic rings. The Kier molecular flexibility index (Phi) is 5.82. The third-order valence-electron chi connectivity index (χ3n) is 3.48. The van der Waals surface area contributed by atoms with Gasteiger partial charge in [0.05, 0.1) is 12.7 Å². The van der Waals surface area contributed by atoms with Crippen LogP contribution < -0.4 is 15.4 Å². The second kappa shape index (κ2) is 8.45. The number of carbonyl (C=O) groups excluding carboxylic acids is 2. The quantitative estimate of drug-likeness (QED) is 0.608. The first-order valence-corrected chi connectivity index (χ1v) is 9.03. The van der Waals surface area contributed by atoms with Crippen LogP contribution in [-0.2, 0) is 11.8 Å². The van der Waals surface area contributed by atoms with Gasteiger partial charge in [-0.05, 0) is 29.8 Å². The normalized spacial score (nSPS) is 10.4. The number of nitrogens with one attached hydrogen (secondary N) is 2. The van der Waals surface area contributed by atoms with Crippen LogP contribution in [0.5, 0.6) is 5.75 Å². The highest BCUT2D eigenvalue weighted by molar-refractivity contribution is 7.14. The Morgan fingerprint density at radius 2 is 2.19 bits per heavy atom. The van der Waals surface area contributed by atoms with Crippen LogP contribution in [0.2, 0.25) is 0 Å². The van der Waals surface area contributed by atoms with Gasteiger partial charge in [-0.15, -0.1) is 11.3 Å². The van der Waals surface area contributed by atoms with Crippen molar-refractivity contribution in [1.29, 1.82) is 0 Å². The van der Waals surface area contributed by atoms with Gasteiger partial charge in [-0.1, -0.05) is 0 Å². The van der Waals surface area contributed by atoms with Gasteiger partial charge < -0.3 is 15.4 Å². The molecule has 27 heavy (non-hydrogen) atoms. The molecule has 0 atom stereocenters. The molecule has 139 valence electrons. The Balaban J connectivity index is 1.48. The fourth-order valence-corrected chi connectivity index (χ4v) is 3.02. The summed E-state index contributed by atoms with van der Waals surface area (Å²) in [5, 5.41) is 11.4. The largest absolute Gasteiger partial charge is 0.492 e. The number of anilines is 1. The maximum Gasteiger partial charge on any atom is 0.270 e. The number of nitrogens with zero attached hydrogens (tertiary/aromatic N) is 3. The van der Waals surface area contributed by atoms with E-state index in [4.69, 9.17) is 4.74 Å². The maximum absolute atomic E-state index is 12.0. The van der Waals surface area contributed by atoms with E-state index in [2.05, 4.69) is 26.8 Å². The first-order valence-electron chi connectivity index (χ1n) is 8.15. The van der Waals surface area contributed by atoms with Crippen molar-refractivity contribution >= 4 is 28.3 Å². The Morgan fingerprint density at radius 3 is 2.93 bits per heavy atom. The molecule has 1 radical (unpaired) electrons. The molecule has 3 rings (SSSR count). The summed E-state index contributed by atoms with van der Waals surface area (Å²) in [5.41, 5.74) is 2.19. The standard InChI is InChI=1S/C18H18N5O3S/c1-12(24)21-18-22-16(11-27-18)17(25)19-6-7-26-15-5-3-4-13(8-15)14-9-20-23(2)10-14/h4-5,8-11H,6-7H2,1-2H3,(H,19,25)(H,21,22,24). The second-order valence-corrected chi connectivity index (χ2v) is 6.54. The minimum atomic E-state index is -0.317. The lowest BCUT2D eigenvalue weighted by molar-refractivity contribution is -0.114. The van der Waals surface area contributed by atoms with E-state index in [1.165, 1.54) is 18.3 Å². The number of carbonyl (C=O) groups is 2. The van der Waals surface area contributed by atoms with Gasteiger partial charge >= 0.3 is 0 Å². The van der Waals surface area contributed by atoms with E-state index in [1.807, 2.05) is 25.4 Å². The van der Waals surface area contributed by atoms with Gasteiger partial charge in [0.1, 0.15) is 18.1 Å². The minimum absolute atomic E-state index is 0.227. The molecular formula is C18H18N5O3S. The summed E-state index contributed by atoms with van der Waals surface area (Å²) in [5.74, 6) is 0.115. The van der Waals surface area contributed by atoms with Gasteiger partial charge in [-0.25, -0.2) is 4.98 Å². The maximum atomic E-state index is 12.0. The van der Waals surface area contributed by atoms with Crippen molar-refractivity contribution in [2.24, 2.45) is 7.05 Å². The highest BCUT2D eigenvalue weighted by atomic mass is 32.1. The third kappa shape index (κ3) is 5.14. The van der Waals surface area contributed by atoms with Crippen molar-refractivity contribution in [1.82, 2.24) is 20.1 Å². The van der Waals surface area contributed by atoms with E-state index in [0.717, 1.165) is 11.1 Å². The summed E-state index contributed by atoms with van der Waals surface area (Å²) >= 11 is 1.20. The lowest BCUT2D eigenvalue weighted by atomic mass is 10.1.